The van der Waals surface area contributed by atoms with Crippen LogP contribution in [0.15, 0.2) is 45.5 Å². The molecule has 3 amide bonds. The van der Waals surface area contributed by atoms with Gasteiger partial charge in [0.25, 0.3) is 5.91 Å². The van der Waals surface area contributed by atoms with Gasteiger partial charge in [0.2, 0.25) is 11.8 Å². The van der Waals surface area contributed by atoms with Gasteiger partial charge >= 0.3 is 0 Å². The van der Waals surface area contributed by atoms with Crippen LogP contribution in [-0.4, -0.2) is 30.8 Å². The summed E-state index contributed by atoms with van der Waals surface area (Å²) >= 11 is 3.37. The SMILES string of the molecule is Cc1ccc(Br)cc1NC(=O)CCNC(=O)CCCNC(=O)c1ccco1. The van der Waals surface area contributed by atoms with Crippen LogP contribution in [0.1, 0.15) is 35.4 Å². The molecule has 2 aromatic rings. The van der Waals surface area contributed by atoms with Crippen molar-refractivity contribution in [2.75, 3.05) is 18.4 Å². The van der Waals surface area contributed by atoms with E-state index in [1.165, 1.54) is 6.26 Å². The van der Waals surface area contributed by atoms with Gasteiger partial charge in [0.15, 0.2) is 5.76 Å². The van der Waals surface area contributed by atoms with Crippen LogP contribution in [0, 0.1) is 6.92 Å². The Bertz CT molecular complexity index is 790. The van der Waals surface area contributed by atoms with Crippen molar-refractivity contribution in [1.82, 2.24) is 10.6 Å². The van der Waals surface area contributed by atoms with Gasteiger partial charge < -0.3 is 20.4 Å². The highest BCUT2D eigenvalue weighted by Gasteiger charge is 2.09. The first-order valence-corrected chi connectivity index (χ1v) is 9.39. The van der Waals surface area contributed by atoms with Crippen LogP contribution in [0.5, 0.6) is 0 Å². The van der Waals surface area contributed by atoms with E-state index in [-0.39, 0.29) is 42.9 Å². The maximum Gasteiger partial charge on any atom is 0.286 e. The van der Waals surface area contributed by atoms with Crippen molar-refractivity contribution in [3.63, 3.8) is 0 Å². The number of anilines is 1. The molecule has 0 aliphatic carbocycles. The van der Waals surface area contributed by atoms with Crippen LogP contribution in [0.2, 0.25) is 0 Å². The first kappa shape index (κ1) is 20.7. The molecule has 8 heteroatoms. The number of hydrogen-bond acceptors (Lipinski definition) is 4. The molecule has 0 radical (unpaired) electrons. The number of amides is 3. The van der Waals surface area contributed by atoms with E-state index in [0.717, 1.165) is 15.7 Å². The second-order valence-corrected chi connectivity index (χ2v) is 6.86. The highest BCUT2D eigenvalue weighted by Crippen LogP contribution is 2.20. The number of halogens is 1. The molecular formula is C19H22BrN3O4. The van der Waals surface area contributed by atoms with Gasteiger partial charge in [-0.2, -0.15) is 0 Å². The Morgan fingerprint density at radius 2 is 1.85 bits per heavy atom. The van der Waals surface area contributed by atoms with Crippen molar-refractivity contribution in [3.8, 4) is 0 Å². The number of rotatable bonds is 9. The van der Waals surface area contributed by atoms with Gasteiger partial charge in [-0.15, -0.1) is 0 Å². The van der Waals surface area contributed by atoms with Gasteiger partial charge in [0, 0.05) is 36.1 Å². The van der Waals surface area contributed by atoms with Crippen molar-refractivity contribution in [1.29, 1.82) is 0 Å². The first-order chi connectivity index (χ1) is 13.0. The van der Waals surface area contributed by atoms with Gasteiger partial charge in [-0.1, -0.05) is 22.0 Å². The summed E-state index contributed by atoms with van der Waals surface area (Å²) in [4.78, 5) is 35.4. The number of carbonyl (C=O) groups excluding carboxylic acids is 3. The lowest BCUT2D eigenvalue weighted by molar-refractivity contribution is -0.121. The molecule has 0 atom stereocenters. The summed E-state index contributed by atoms with van der Waals surface area (Å²) in [5.74, 6) is -0.387. The molecule has 1 heterocycles. The zero-order chi connectivity index (χ0) is 19.6. The van der Waals surface area contributed by atoms with Gasteiger partial charge in [0.1, 0.15) is 0 Å². The summed E-state index contributed by atoms with van der Waals surface area (Å²) in [6.45, 7) is 2.54. The molecule has 0 unspecified atom stereocenters. The third-order valence-corrected chi connectivity index (χ3v) is 4.25. The standard InChI is InChI=1S/C19H22BrN3O4/c1-13-6-7-14(20)12-15(13)23-18(25)8-10-21-17(24)5-2-9-22-19(26)16-4-3-11-27-16/h3-4,6-7,11-12H,2,5,8-10H2,1H3,(H,21,24)(H,22,26)(H,23,25). The molecule has 3 N–H and O–H groups in total. The van der Waals surface area contributed by atoms with Gasteiger partial charge in [-0.3, -0.25) is 14.4 Å². The summed E-state index contributed by atoms with van der Waals surface area (Å²) in [5.41, 5.74) is 1.71. The Morgan fingerprint density at radius 3 is 2.59 bits per heavy atom. The number of aryl methyl sites for hydroxylation is 1. The lowest BCUT2D eigenvalue weighted by atomic mass is 10.2. The summed E-state index contributed by atoms with van der Waals surface area (Å²) in [5, 5.41) is 8.20. The molecule has 0 bridgehead atoms. The number of carbonyl (C=O) groups is 3. The Balaban J connectivity index is 1.58. The molecular weight excluding hydrogens is 414 g/mol. The maximum absolute atomic E-state index is 12.0. The van der Waals surface area contributed by atoms with Crippen molar-refractivity contribution in [2.24, 2.45) is 0 Å². The number of benzene rings is 1. The second kappa shape index (κ2) is 10.5. The van der Waals surface area contributed by atoms with E-state index >= 15 is 0 Å². The Kier molecular flexibility index (Phi) is 8.06. The molecule has 0 aliphatic heterocycles. The summed E-state index contributed by atoms with van der Waals surface area (Å²) in [6.07, 6.45) is 2.38. The third kappa shape index (κ3) is 7.26. The number of hydrogen-bond donors (Lipinski definition) is 3. The predicted molar refractivity (Wildman–Crippen MR) is 105 cm³/mol. The monoisotopic (exact) mass is 435 g/mol. The minimum atomic E-state index is -0.306. The summed E-state index contributed by atoms with van der Waals surface area (Å²) in [7, 11) is 0. The van der Waals surface area contributed by atoms with E-state index in [0.29, 0.717) is 13.0 Å². The van der Waals surface area contributed by atoms with Crippen LogP contribution in [0.3, 0.4) is 0 Å². The Hall–Kier alpha value is -2.61. The van der Waals surface area contributed by atoms with E-state index < -0.39 is 0 Å². The quantitative estimate of drug-likeness (QED) is 0.526. The highest BCUT2D eigenvalue weighted by molar-refractivity contribution is 9.10. The fraction of sp³-hybridized carbons (Fsp3) is 0.316. The van der Waals surface area contributed by atoms with Crippen LogP contribution in [0.25, 0.3) is 0 Å². The van der Waals surface area contributed by atoms with Crippen LogP contribution >= 0.6 is 15.9 Å². The van der Waals surface area contributed by atoms with E-state index in [2.05, 4.69) is 31.9 Å². The lowest BCUT2D eigenvalue weighted by Gasteiger charge is -2.09. The molecule has 0 fully saturated rings. The zero-order valence-corrected chi connectivity index (χ0v) is 16.6. The number of nitrogens with one attached hydrogen (secondary N) is 3. The smallest absolute Gasteiger partial charge is 0.286 e. The van der Waals surface area contributed by atoms with Crippen LogP contribution in [-0.2, 0) is 9.59 Å². The van der Waals surface area contributed by atoms with Crippen LogP contribution < -0.4 is 16.0 Å². The molecule has 0 spiro atoms. The fourth-order valence-electron chi connectivity index (χ4n) is 2.29. The van der Waals surface area contributed by atoms with Crippen molar-refractivity contribution in [3.05, 3.63) is 52.4 Å². The number of furan rings is 1. The minimum Gasteiger partial charge on any atom is -0.459 e. The van der Waals surface area contributed by atoms with Crippen LogP contribution in [0.4, 0.5) is 5.69 Å². The Labute approximate surface area is 166 Å². The minimum absolute atomic E-state index is 0.159. The first-order valence-electron chi connectivity index (χ1n) is 8.60. The van der Waals surface area contributed by atoms with Gasteiger partial charge in [-0.05, 0) is 43.2 Å². The second-order valence-electron chi connectivity index (χ2n) is 5.94. The lowest BCUT2D eigenvalue weighted by Crippen LogP contribution is -2.29. The van der Waals surface area contributed by atoms with E-state index in [1.807, 2.05) is 25.1 Å². The van der Waals surface area contributed by atoms with Gasteiger partial charge in [0.05, 0.1) is 6.26 Å². The maximum atomic E-state index is 12.0. The third-order valence-electron chi connectivity index (χ3n) is 3.76. The van der Waals surface area contributed by atoms with Crippen molar-refractivity contribution >= 4 is 39.3 Å². The van der Waals surface area contributed by atoms with Crippen molar-refractivity contribution < 1.29 is 18.8 Å². The molecule has 2 rings (SSSR count). The average Bonchev–Trinajstić information content (AvgIpc) is 3.16. The molecule has 27 heavy (non-hydrogen) atoms. The Morgan fingerprint density at radius 1 is 1.04 bits per heavy atom. The average molecular weight is 436 g/mol. The summed E-state index contributed by atoms with van der Waals surface area (Å²) < 4.78 is 5.86. The molecule has 0 saturated carbocycles. The predicted octanol–water partition coefficient (Wildman–Crippen LogP) is 3.01. The zero-order valence-electron chi connectivity index (χ0n) is 15.0. The largest absolute Gasteiger partial charge is 0.459 e. The molecule has 1 aromatic carbocycles. The summed E-state index contributed by atoms with van der Waals surface area (Å²) in [6, 6.07) is 8.86. The molecule has 1 aromatic heterocycles. The molecule has 144 valence electrons. The molecule has 7 nitrogen and oxygen atoms in total. The van der Waals surface area contributed by atoms with E-state index in [1.54, 1.807) is 12.1 Å². The van der Waals surface area contributed by atoms with Gasteiger partial charge in [-0.25, -0.2) is 0 Å². The normalized spacial score (nSPS) is 10.3. The highest BCUT2D eigenvalue weighted by atomic mass is 79.9. The fourth-order valence-corrected chi connectivity index (χ4v) is 2.65. The topological polar surface area (TPSA) is 100 Å². The van der Waals surface area contributed by atoms with E-state index in [4.69, 9.17) is 4.42 Å². The van der Waals surface area contributed by atoms with E-state index in [9.17, 15) is 14.4 Å². The molecule has 0 aliphatic rings. The molecule has 0 saturated heterocycles. The van der Waals surface area contributed by atoms with Crippen molar-refractivity contribution in [2.45, 2.75) is 26.2 Å².